The Morgan fingerprint density at radius 2 is 1.52 bits per heavy atom. The summed E-state index contributed by atoms with van der Waals surface area (Å²) < 4.78 is 5.45. The number of alkyl halides is 1. The molecule has 0 spiro atoms. The predicted molar refractivity (Wildman–Crippen MR) is 138 cm³/mol. The molecule has 1 aromatic heterocycles. The van der Waals surface area contributed by atoms with Crippen LogP contribution >= 0.6 is 11.6 Å². The van der Waals surface area contributed by atoms with Gasteiger partial charge < -0.3 is 4.74 Å². The maximum atomic E-state index is 12.2. The first-order valence-electron chi connectivity index (χ1n) is 12.8. The van der Waals surface area contributed by atoms with Crippen molar-refractivity contribution in [1.29, 1.82) is 0 Å². The topological polar surface area (TPSA) is 52.1 Å². The maximum Gasteiger partial charge on any atom is 0.312 e. The summed E-state index contributed by atoms with van der Waals surface area (Å²) in [5.41, 5.74) is 2.09. The lowest BCUT2D eigenvalue weighted by molar-refractivity contribution is -0.134. The standard InChI is InChI=1S/C28H41ClN2O2/c1-4-6-7-8-9-10-11-12-14-23-20-30-28(31-21-23)24-15-17-25(18-16-24)33-27(32)19-26(29)22(3)13-5-2/h15-18,20-22,26H,4-14,19H2,1-3H3. The monoisotopic (exact) mass is 472 g/mol. The average Bonchev–Trinajstić information content (AvgIpc) is 2.82. The van der Waals surface area contributed by atoms with E-state index >= 15 is 0 Å². The van der Waals surface area contributed by atoms with Crippen molar-refractivity contribution in [1.82, 2.24) is 9.97 Å². The molecule has 0 saturated carbocycles. The Bertz CT molecular complexity index is 793. The van der Waals surface area contributed by atoms with Crippen LogP contribution in [0.4, 0.5) is 0 Å². The summed E-state index contributed by atoms with van der Waals surface area (Å²) in [6.45, 7) is 6.45. The smallest absolute Gasteiger partial charge is 0.312 e. The fraction of sp³-hybridized carbons (Fsp3) is 0.607. The van der Waals surface area contributed by atoms with E-state index in [1.54, 1.807) is 12.1 Å². The van der Waals surface area contributed by atoms with E-state index in [9.17, 15) is 4.79 Å². The number of carbonyl (C=O) groups is 1. The number of nitrogens with zero attached hydrogens (tertiary/aromatic N) is 2. The van der Waals surface area contributed by atoms with Crippen LogP contribution in [-0.2, 0) is 11.2 Å². The van der Waals surface area contributed by atoms with Gasteiger partial charge in [0.2, 0.25) is 0 Å². The molecule has 2 aromatic rings. The van der Waals surface area contributed by atoms with Crippen molar-refractivity contribution in [2.75, 3.05) is 0 Å². The van der Waals surface area contributed by atoms with Crippen LogP contribution in [0, 0.1) is 5.92 Å². The van der Waals surface area contributed by atoms with Crippen molar-refractivity contribution in [2.45, 2.75) is 103 Å². The van der Waals surface area contributed by atoms with Crippen molar-refractivity contribution in [3.8, 4) is 17.1 Å². The number of unbranched alkanes of at least 4 members (excludes halogenated alkanes) is 7. The fourth-order valence-electron chi connectivity index (χ4n) is 3.94. The second kappa shape index (κ2) is 15.8. The number of halogens is 1. The summed E-state index contributed by atoms with van der Waals surface area (Å²) in [6.07, 6.45) is 17.7. The molecule has 2 rings (SSSR count). The molecule has 33 heavy (non-hydrogen) atoms. The summed E-state index contributed by atoms with van der Waals surface area (Å²) in [5, 5.41) is -0.200. The van der Waals surface area contributed by atoms with Gasteiger partial charge in [-0.25, -0.2) is 9.97 Å². The molecule has 0 amide bonds. The first kappa shape index (κ1) is 27.3. The van der Waals surface area contributed by atoms with Gasteiger partial charge in [0.1, 0.15) is 5.75 Å². The Morgan fingerprint density at radius 1 is 0.909 bits per heavy atom. The van der Waals surface area contributed by atoms with E-state index in [1.807, 2.05) is 24.5 Å². The average molecular weight is 473 g/mol. The van der Waals surface area contributed by atoms with E-state index in [0.29, 0.717) is 17.5 Å². The normalized spacial score (nSPS) is 13.0. The van der Waals surface area contributed by atoms with E-state index < -0.39 is 0 Å². The van der Waals surface area contributed by atoms with E-state index in [4.69, 9.17) is 16.3 Å². The Kier molecular flexibility index (Phi) is 13.1. The zero-order chi connectivity index (χ0) is 23.9. The van der Waals surface area contributed by atoms with Crippen molar-refractivity contribution < 1.29 is 9.53 Å². The molecule has 2 unspecified atom stereocenters. The molecule has 4 nitrogen and oxygen atoms in total. The van der Waals surface area contributed by atoms with Crippen LogP contribution in [0.3, 0.4) is 0 Å². The second-order valence-electron chi connectivity index (χ2n) is 9.12. The summed E-state index contributed by atoms with van der Waals surface area (Å²) in [4.78, 5) is 21.2. The van der Waals surface area contributed by atoms with Gasteiger partial charge in [0, 0.05) is 23.3 Å². The summed E-state index contributed by atoms with van der Waals surface area (Å²) in [6, 6.07) is 7.33. The molecule has 0 radical (unpaired) electrons. The number of aromatic nitrogens is 2. The molecule has 182 valence electrons. The lowest BCUT2D eigenvalue weighted by Gasteiger charge is -2.16. The van der Waals surface area contributed by atoms with E-state index in [1.165, 1.54) is 56.9 Å². The van der Waals surface area contributed by atoms with Crippen molar-refractivity contribution in [3.05, 3.63) is 42.2 Å². The molecular formula is C28H41ClN2O2. The molecular weight excluding hydrogens is 432 g/mol. The van der Waals surface area contributed by atoms with Gasteiger partial charge >= 0.3 is 5.97 Å². The van der Waals surface area contributed by atoms with Gasteiger partial charge in [-0.05, 0) is 55.0 Å². The Labute approximate surface area is 205 Å². The third-order valence-corrected chi connectivity index (χ3v) is 6.68. The van der Waals surface area contributed by atoms with E-state index in [2.05, 4.69) is 30.7 Å². The highest BCUT2D eigenvalue weighted by molar-refractivity contribution is 6.21. The van der Waals surface area contributed by atoms with Gasteiger partial charge in [-0.1, -0.05) is 72.1 Å². The van der Waals surface area contributed by atoms with Gasteiger partial charge in [-0.15, -0.1) is 11.6 Å². The van der Waals surface area contributed by atoms with Crippen LogP contribution in [0.2, 0.25) is 0 Å². The number of benzene rings is 1. The van der Waals surface area contributed by atoms with Gasteiger partial charge in [-0.3, -0.25) is 4.79 Å². The first-order chi connectivity index (χ1) is 16.0. The Balaban J connectivity index is 1.75. The lowest BCUT2D eigenvalue weighted by Crippen LogP contribution is -2.19. The van der Waals surface area contributed by atoms with Crippen LogP contribution in [0.1, 0.15) is 97.0 Å². The van der Waals surface area contributed by atoms with Gasteiger partial charge in [0.25, 0.3) is 0 Å². The van der Waals surface area contributed by atoms with Crippen LogP contribution in [0.25, 0.3) is 11.4 Å². The van der Waals surface area contributed by atoms with E-state index in [-0.39, 0.29) is 17.8 Å². The highest BCUT2D eigenvalue weighted by atomic mass is 35.5. The van der Waals surface area contributed by atoms with Crippen molar-refractivity contribution in [2.24, 2.45) is 5.92 Å². The maximum absolute atomic E-state index is 12.2. The van der Waals surface area contributed by atoms with E-state index in [0.717, 1.165) is 24.8 Å². The highest BCUT2D eigenvalue weighted by Gasteiger charge is 2.19. The van der Waals surface area contributed by atoms with Crippen LogP contribution in [0.5, 0.6) is 5.75 Å². The number of ether oxygens (including phenoxy) is 1. The third-order valence-electron chi connectivity index (χ3n) is 6.09. The predicted octanol–water partition coefficient (Wildman–Crippen LogP) is 8.17. The molecule has 2 atom stereocenters. The van der Waals surface area contributed by atoms with Crippen LogP contribution in [0.15, 0.2) is 36.7 Å². The molecule has 0 saturated heterocycles. The third kappa shape index (κ3) is 10.7. The largest absolute Gasteiger partial charge is 0.426 e. The highest BCUT2D eigenvalue weighted by Crippen LogP contribution is 2.23. The van der Waals surface area contributed by atoms with Gasteiger partial charge in [0.05, 0.1) is 6.42 Å². The second-order valence-corrected chi connectivity index (χ2v) is 9.68. The van der Waals surface area contributed by atoms with Crippen molar-refractivity contribution in [3.63, 3.8) is 0 Å². The minimum Gasteiger partial charge on any atom is -0.426 e. The molecule has 1 heterocycles. The zero-order valence-electron chi connectivity index (χ0n) is 20.7. The SMILES string of the molecule is CCCCCCCCCCc1cnc(-c2ccc(OC(=O)CC(Cl)C(C)CCC)cc2)nc1. The molecule has 0 aliphatic rings. The van der Waals surface area contributed by atoms with Crippen LogP contribution in [-0.4, -0.2) is 21.3 Å². The molecule has 0 aliphatic carbocycles. The number of esters is 1. The molecule has 0 fully saturated rings. The number of aryl methyl sites for hydroxylation is 1. The fourth-order valence-corrected chi connectivity index (χ4v) is 4.19. The molecule has 1 aromatic carbocycles. The minimum atomic E-state index is -0.299. The molecule has 0 N–H and O–H groups in total. The summed E-state index contributed by atoms with van der Waals surface area (Å²) >= 11 is 6.34. The number of hydrogen-bond acceptors (Lipinski definition) is 4. The molecule has 0 bridgehead atoms. The van der Waals surface area contributed by atoms with Gasteiger partial charge in [0.15, 0.2) is 5.82 Å². The Morgan fingerprint density at radius 3 is 2.12 bits per heavy atom. The molecule has 0 aliphatic heterocycles. The Hall–Kier alpha value is -1.94. The number of hydrogen-bond donors (Lipinski definition) is 0. The number of carbonyl (C=O) groups excluding carboxylic acids is 1. The first-order valence-corrected chi connectivity index (χ1v) is 13.2. The summed E-state index contributed by atoms with van der Waals surface area (Å²) in [5.74, 6) is 1.19. The summed E-state index contributed by atoms with van der Waals surface area (Å²) in [7, 11) is 0. The van der Waals surface area contributed by atoms with Crippen LogP contribution < -0.4 is 4.74 Å². The minimum absolute atomic E-state index is 0.200. The van der Waals surface area contributed by atoms with Gasteiger partial charge in [-0.2, -0.15) is 0 Å². The zero-order valence-corrected chi connectivity index (χ0v) is 21.4. The number of rotatable bonds is 16. The molecule has 5 heteroatoms. The van der Waals surface area contributed by atoms with Crippen molar-refractivity contribution >= 4 is 17.6 Å². The lowest BCUT2D eigenvalue weighted by atomic mass is 10.00. The quantitative estimate of drug-likeness (QED) is 0.107.